The molecule has 7 nitrogen and oxygen atoms in total. The minimum absolute atomic E-state index is 0.276. The molecule has 9 heteroatoms. The first-order chi connectivity index (χ1) is 19.5. The Morgan fingerprint density at radius 3 is 2.42 bits per heavy atom. The zero-order valence-electron chi connectivity index (χ0n) is 22.0. The van der Waals surface area contributed by atoms with Gasteiger partial charge in [-0.1, -0.05) is 60.1 Å². The van der Waals surface area contributed by atoms with Crippen molar-refractivity contribution in [1.82, 2.24) is 5.43 Å². The van der Waals surface area contributed by atoms with E-state index in [9.17, 15) is 4.79 Å². The van der Waals surface area contributed by atoms with Crippen molar-refractivity contribution in [3.8, 4) is 23.0 Å². The lowest BCUT2D eigenvalue weighted by Gasteiger charge is -2.14. The highest BCUT2D eigenvalue weighted by Gasteiger charge is 2.14. The number of amides is 1. The molecule has 1 N–H and O–H groups in total. The SMILES string of the molecule is CCOc1cc(C(=O)N/N=C/c2cc(Br)c(OCc3ccccc3Cl)c(OC)c2)ccc1OCc1ccccc1. The largest absolute Gasteiger partial charge is 0.493 e. The quantitative estimate of drug-likeness (QED) is 0.131. The molecule has 0 fully saturated rings. The van der Waals surface area contributed by atoms with Gasteiger partial charge in [-0.25, -0.2) is 5.43 Å². The van der Waals surface area contributed by atoms with Crippen LogP contribution in [0.2, 0.25) is 5.02 Å². The van der Waals surface area contributed by atoms with Gasteiger partial charge in [0.15, 0.2) is 23.0 Å². The van der Waals surface area contributed by atoms with E-state index < -0.39 is 5.91 Å². The van der Waals surface area contributed by atoms with Crippen LogP contribution in [0.3, 0.4) is 0 Å². The van der Waals surface area contributed by atoms with Crippen molar-refractivity contribution < 1.29 is 23.7 Å². The number of benzene rings is 4. The molecule has 0 unspecified atom stereocenters. The number of methoxy groups -OCH3 is 1. The Kier molecular flexibility index (Phi) is 10.4. The number of carbonyl (C=O) groups is 1. The van der Waals surface area contributed by atoms with Crippen LogP contribution in [-0.2, 0) is 13.2 Å². The molecule has 0 aliphatic rings. The summed E-state index contributed by atoms with van der Waals surface area (Å²) in [6.07, 6.45) is 1.52. The van der Waals surface area contributed by atoms with Gasteiger partial charge < -0.3 is 18.9 Å². The fourth-order valence-corrected chi connectivity index (χ4v) is 4.49. The van der Waals surface area contributed by atoms with Crippen LogP contribution in [0, 0.1) is 0 Å². The van der Waals surface area contributed by atoms with Gasteiger partial charge in [0.05, 0.1) is 24.4 Å². The number of hydrogen-bond acceptors (Lipinski definition) is 6. The third-order valence-corrected chi connectivity index (χ3v) is 6.66. The van der Waals surface area contributed by atoms with Crippen LogP contribution in [0.5, 0.6) is 23.0 Å². The fourth-order valence-electron chi connectivity index (χ4n) is 3.72. The Bertz CT molecular complexity index is 1480. The first-order valence-electron chi connectivity index (χ1n) is 12.5. The number of nitrogens with zero attached hydrogens (tertiary/aromatic N) is 1. The molecule has 0 saturated heterocycles. The molecule has 0 heterocycles. The maximum Gasteiger partial charge on any atom is 0.271 e. The average molecular weight is 624 g/mol. The maximum atomic E-state index is 12.8. The standard InChI is InChI=1S/C31H28BrClN2O5/c1-3-38-28-17-23(13-14-27(28)39-19-21-9-5-4-6-10-21)31(36)35-34-18-22-15-25(32)30(29(16-22)37-2)40-20-24-11-7-8-12-26(24)33/h4-18H,3,19-20H2,1-2H3,(H,35,36)/b34-18+. The maximum absolute atomic E-state index is 12.8. The molecule has 1 amide bonds. The topological polar surface area (TPSA) is 78.4 Å². The molecule has 4 aromatic carbocycles. The van der Waals surface area contributed by atoms with Crippen LogP contribution < -0.4 is 24.4 Å². The number of carbonyl (C=O) groups excluding carboxylic acids is 1. The zero-order chi connectivity index (χ0) is 28.3. The van der Waals surface area contributed by atoms with E-state index in [1.165, 1.54) is 6.21 Å². The second kappa shape index (κ2) is 14.4. The minimum Gasteiger partial charge on any atom is -0.493 e. The van der Waals surface area contributed by atoms with E-state index in [-0.39, 0.29) is 6.61 Å². The van der Waals surface area contributed by atoms with Crippen molar-refractivity contribution >= 4 is 39.7 Å². The number of hydrogen-bond donors (Lipinski definition) is 1. The van der Waals surface area contributed by atoms with Crippen LogP contribution >= 0.6 is 27.5 Å². The van der Waals surface area contributed by atoms with Crippen molar-refractivity contribution in [3.05, 3.63) is 117 Å². The molecule has 206 valence electrons. The number of rotatable bonds is 12. The van der Waals surface area contributed by atoms with Crippen molar-refractivity contribution in [3.63, 3.8) is 0 Å². The highest BCUT2D eigenvalue weighted by atomic mass is 79.9. The summed E-state index contributed by atoms with van der Waals surface area (Å²) in [7, 11) is 1.55. The second-order valence-electron chi connectivity index (χ2n) is 8.48. The Balaban J connectivity index is 1.41. The molecule has 0 aliphatic carbocycles. The van der Waals surface area contributed by atoms with E-state index in [2.05, 4.69) is 26.5 Å². The van der Waals surface area contributed by atoms with E-state index >= 15 is 0 Å². The zero-order valence-corrected chi connectivity index (χ0v) is 24.4. The molecular formula is C31H28BrClN2O5. The molecular weight excluding hydrogens is 596 g/mol. The van der Waals surface area contributed by atoms with Gasteiger partial charge in [0.1, 0.15) is 13.2 Å². The predicted molar refractivity (Wildman–Crippen MR) is 160 cm³/mol. The molecule has 0 aromatic heterocycles. The van der Waals surface area contributed by atoms with E-state index in [0.29, 0.717) is 56.8 Å². The molecule has 4 aromatic rings. The Hall–Kier alpha value is -4.01. The number of ether oxygens (including phenoxy) is 4. The third kappa shape index (κ3) is 7.77. The lowest BCUT2D eigenvalue weighted by molar-refractivity contribution is 0.0954. The molecule has 40 heavy (non-hydrogen) atoms. The van der Waals surface area contributed by atoms with E-state index in [4.69, 9.17) is 30.5 Å². The predicted octanol–water partition coefficient (Wildman–Crippen LogP) is 7.43. The first-order valence-corrected chi connectivity index (χ1v) is 13.7. The number of nitrogens with one attached hydrogen (secondary N) is 1. The highest BCUT2D eigenvalue weighted by molar-refractivity contribution is 9.10. The van der Waals surface area contributed by atoms with Crippen molar-refractivity contribution in [1.29, 1.82) is 0 Å². The van der Waals surface area contributed by atoms with Crippen LogP contribution in [0.4, 0.5) is 0 Å². The summed E-state index contributed by atoms with van der Waals surface area (Å²) in [5, 5.41) is 4.74. The van der Waals surface area contributed by atoms with Gasteiger partial charge in [0, 0.05) is 16.1 Å². The molecule has 0 spiro atoms. The number of hydrazone groups is 1. The Morgan fingerprint density at radius 2 is 1.68 bits per heavy atom. The molecule has 0 atom stereocenters. The molecule has 0 bridgehead atoms. The van der Waals surface area contributed by atoms with Crippen molar-refractivity contribution in [2.75, 3.05) is 13.7 Å². The Labute approximate surface area is 246 Å². The summed E-state index contributed by atoms with van der Waals surface area (Å²) in [6, 6.07) is 25.9. The molecule has 4 rings (SSSR count). The third-order valence-electron chi connectivity index (χ3n) is 5.70. The fraction of sp³-hybridized carbons (Fsp3) is 0.161. The van der Waals surface area contributed by atoms with Gasteiger partial charge in [-0.05, 0) is 70.4 Å². The molecule has 0 saturated carbocycles. The lowest BCUT2D eigenvalue weighted by Crippen LogP contribution is -2.17. The monoisotopic (exact) mass is 622 g/mol. The van der Waals surface area contributed by atoms with Gasteiger partial charge in [-0.3, -0.25) is 4.79 Å². The van der Waals surface area contributed by atoms with Gasteiger partial charge >= 0.3 is 0 Å². The van der Waals surface area contributed by atoms with Crippen LogP contribution in [0.1, 0.15) is 34.0 Å². The van der Waals surface area contributed by atoms with Crippen LogP contribution in [0.25, 0.3) is 0 Å². The van der Waals surface area contributed by atoms with Crippen LogP contribution in [-0.4, -0.2) is 25.8 Å². The summed E-state index contributed by atoms with van der Waals surface area (Å²) in [6.45, 7) is 2.97. The lowest BCUT2D eigenvalue weighted by atomic mass is 10.2. The summed E-state index contributed by atoms with van der Waals surface area (Å²) in [4.78, 5) is 12.8. The van der Waals surface area contributed by atoms with Crippen molar-refractivity contribution in [2.45, 2.75) is 20.1 Å². The summed E-state index contributed by atoms with van der Waals surface area (Å²) >= 11 is 9.77. The average Bonchev–Trinajstić information content (AvgIpc) is 2.97. The second-order valence-corrected chi connectivity index (χ2v) is 9.74. The van der Waals surface area contributed by atoms with E-state index in [1.807, 2.05) is 67.6 Å². The van der Waals surface area contributed by atoms with E-state index in [1.54, 1.807) is 31.4 Å². The van der Waals surface area contributed by atoms with Crippen molar-refractivity contribution in [2.24, 2.45) is 5.10 Å². The normalized spacial score (nSPS) is 10.8. The van der Waals surface area contributed by atoms with Crippen LogP contribution in [0.15, 0.2) is 94.5 Å². The molecule has 0 aliphatic heterocycles. The van der Waals surface area contributed by atoms with Gasteiger partial charge in [-0.2, -0.15) is 5.10 Å². The van der Waals surface area contributed by atoms with Gasteiger partial charge in [-0.15, -0.1) is 0 Å². The summed E-state index contributed by atoms with van der Waals surface area (Å²) < 4.78 is 23.8. The van der Waals surface area contributed by atoms with Gasteiger partial charge in [0.2, 0.25) is 0 Å². The summed E-state index contributed by atoms with van der Waals surface area (Å²) in [5.74, 6) is 1.68. The Morgan fingerprint density at radius 1 is 0.900 bits per heavy atom. The first kappa shape index (κ1) is 29.0. The smallest absolute Gasteiger partial charge is 0.271 e. The van der Waals surface area contributed by atoms with E-state index in [0.717, 1.165) is 11.1 Å². The molecule has 0 radical (unpaired) electrons. The summed E-state index contributed by atoms with van der Waals surface area (Å²) in [5.41, 5.74) is 5.51. The highest BCUT2D eigenvalue weighted by Crippen LogP contribution is 2.37. The van der Waals surface area contributed by atoms with Gasteiger partial charge in [0.25, 0.3) is 5.91 Å². The minimum atomic E-state index is -0.391. The number of halogens is 2.